The van der Waals surface area contributed by atoms with Crippen LogP contribution in [0.15, 0.2) is 0 Å². The Labute approximate surface area is 226 Å². The van der Waals surface area contributed by atoms with E-state index in [1.165, 1.54) is 96.3 Å². The maximum atomic E-state index is 11.6. The summed E-state index contributed by atoms with van der Waals surface area (Å²) in [5.41, 5.74) is 10.6. The van der Waals surface area contributed by atoms with Crippen LogP contribution < -0.4 is 11.5 Å². The summed E-state index contributed by atoms with van der Waals surface area (Å²) in [7, 11) is 0. The number of carbonyl (C=O) groups excluding carboxylic acids is 1. The third-order valence-corrected chi connectivity index (χ3v) is 6.90. The van der Waals surface area contributed by atoms with Gasteiger partial charge in [0.15, 0.2) is 0 Å². The van der Waals surface area contributed by atoms with Crippen molar-refractivity contribution in [2.24, 2.45) is 11.5 Å². The average molecular weight is 530 g/mol. The Balaban J connectivity index is 0. The molecule has 0 heterocycles. The number of unbranched alkanes of at least 4 members (excludes halogenated alkanes) is 15. The fraction of sp³-hybridized carbons (Fsp3) is 0.897. The van der Waals surface area contributed by atoms with Gasteiger partial charge in [-0.25, -0.2) is 0 Å². The summed E-state index contributed by atoms with van der Waals surface area (Å²) < 4.78 is 0. The molecular weight excluding hydrogens is 470 g/mol. The summed E-state index contributed by atoms with van der Waals surface area (Å²) >= 11 is 0. The molecule has 0 bridgehead atoms. The van der Waals surface area contributed by atoms with Gasteiger partial charge in [0.25, 0.3) is 0 Å². The molecule has 0 aliphatic heterocycles. The van der Waals surface area contributed by atoms with Gasteiger partial charge >= 0.3 is 11.9 Å². The first-order valence-electron chi connectivity index (χ1n) is 14.9. The lowest BCUT2D eigenvalue weighted by Crippen LogP contribution is -2.44. The Morgan fingerprint density at radius 3 is 1.32 bits per heavy atom. The summed E-state index contributed by atoms with van der Waals surface area (Å²) in [5, 5.41) is 16.3. The zero-order valence-corrected chi connectivity index (χ0v) is 24.2. The highest BCUT2D eigenvalue weighted by atomic mass is 16.4. The van der Waals surface area contributed by atoms with Crippen molar-refractivity contribution in [1.82, 2.24) is 4.90 Å². The second-order valence-corrected chi connectivity index (χ2v) is 10.1. The van der Waals surface area contributed by atoms with Crippen LogP contribution in [0.25, 0.3) is 0 Å². The normalized spacial score (nSPS) is 12.6. The minimum absolute atomic E-state index is 0.0231. The number of hydrogen-bond donors (Lipinski definition) is 4. The molecule has 0 fully saturated rings. The Morgan fingerprint density at radius 1 is 0.649 bits per heavy atom. The van der Waals surface area contributed by atoms with E-state index in [1.807, 2.05) is 0 Å². The number of primary amides is 1. The molecule has 0 spiro atoms. The van der Waals surface area contributed by atoms with Crippen molar-refractivity contribution in [3.05, 3.63) is 0 Å². The molecule has 2 atom stereocenters. The highest BCUT2D eigenvalue weighted by Gasteiger charge is 2.20. The van der Waals surface area contributed by atoms with E-state index in [4.69, 9.17) is 21.7 Å². The number of aliphatic carboxylic acids is 2. The Morgan fingerprint density at radius 2 is 1.03 bits per heavy atom. The lowest BCUT2D eigenvalue weighted by Gasteiger charge is -2.26. The van der Waals surface area contributed by atoms with E-state index >= 15 is 0 Å². The number of carboxylic acid groups (broad SMARTS) is 2. The second-order valence-electron chi connectivity index (χ2n) is 10.1. The van der Waals surface area contributed by atoms with Gasteiger partial charge in [-0.2, -0.15) is 0 Å². The van der Waals surface area contributed by atoms with Gasteiger partial charge < -0.3 is 21.7 Å². The summed E-state index contributed by atoms with van der Waals surface area (Å²) in [6.07, 6.45) is 22.8. The van der Waals surface area contributed by atoms with Crippen LogP contribution in [0.4, 0.5) is 0 Å². The van der Waals surface area contributed by atoms with E-state index in [2.05, 4.69) is 25.7 Å². The molecular formula is C29H59N3O5. The van der Waals surface area contributed by atoms with Crippen LogP contribution in [0, 0.1) is 0 Å². The topological polar surface area (TPSA) is 147 Å². The van der Waals surface area contributed by atoms with Crippen molar-refractivity contribution in [1.29, 1.82) is 0 Å². The van der Waals surface area contributed by atoms with E-state index in [-0.39, 0.29) is 24.8 Å². The highest BCUT2D eigenvalue weighted by Crippen LogP contribution is 2.15. The second kappa shape index (κ2) is 27.4. The third-order valence-electron chi connectivity index (χ3n) is 6.90. The van der Waals surface area contributed by atoms with Gasteiger partial charge in [0.05, 0.1) is 6.04 Å². The number of nitrogens with two attached hydrogens (primary N) is 2. The highest BCUT2D eigenvalue weighted by molar-refractivity contribution is 5.79. The van der Waals surface area contributed by atoms with Crippen LogP contribution in [0.5, 0.6) is 0 Å². The van der Waals surface area contributed by atoms with Crippen molar-refractivity contribution in [3.8, 4) is 0 Å². The monoisotopic (exact) mass is 529 g/mol. The average Bonchev–Trinajstić information content (AvgIpc) is 2.86. The van der Waals surface area contributed by atoms with Crippen molar-refractivity contribution in [3.63, 3.8) is 0 Å². The maximum Gasteiger partial charge on any atom is 0.320 e. The molecule has 0 rings (SSSR count). The van der Waals surface area contributed by atoms with Gasteiger partial charge in [-0.3, -0.25) is 19.3 Å². The fourth-order valence-electron chi connectivity index (χ4n) is 4.46. The van der Waals surface area contributed by atoms with Crippen LogP contribution in [-0.2, 0) is 14.4 Å². The molecule has 0 aliphatic rings. The molecule has 0 aromatic rings. The number of amides is 1. The van der Waals surface area contributed by atoms with Gasteiger partial charge in [-0.15, -0.1) is 0 Å². The summed E-state index contributed by atoms with van der Waals surface area (Å²) in [5.74, 6) is -2.35. The minimum Gasteiger partial charge on any atom is -0.481 e. The summed E-state index contributed by atoms with van der Waals surface area (Å²) in [4.78, 5) is 33.7. The number of carboxylic acids is 2. The largest absolute Gasteiger partial charge is 0.481 e. The Bertz CT molecular complexity index is 556. The smallest absolute Gasteiger partial charge is 0.320 e. The van der Waals surface area contributed by atoms with E-state index in [1.54, 1.807) is 0 Å². The SMILES string of the molecule is CCCCCCCCCCCCCCCCCCC(C(N)=O)N(CC)CC.NC(CCC(=O)O)C(=O)O. The summed E-state index contributed by atoms with van der Waals surface area (Å²) in [6.45, 7) is 8.30. The number of hydrogen-bond acceptors (Lipinski definition) is 5. The first-order valence-corrected chi connectivity index (χ1v) is 14.9. The first-order chi connectivity index (χ1) is 17.7. The molecule has 8 nitrogen and oxygen atoms in total. The standard InChI is InChI=1S/C24H50N2O.C5H9NO4/c1-4-7-8-9-10-11-12-13-14-15-16-17-18-19-20-21-22-23(24(25)27)26(5-2)6-3;6-3(5(9)10)1-2-4(7)8/h23H,4-22H2,1-3H3,(H2,25,27);3H,1-2,6H2,(H,7,8)(H,9,10). The third kappa shape index (κ3) is 25.7. The molecule has 0 radical (unpaired) electrons. The molecule has 0 saturated carbocycles. The lowest BCUT2D eigenvalue weighted by atomic mass is 10.0. The maximum absolute atomic E-state index is 11.6. The van der Waals surface area contributed by atoms with Gasteiger partial charge in [0, 0.05) is 6.42 Å². The molecule has 1 amide bonds. The van der Waals surface area contributed by atoms with Crippen LogP contribution >= 0.6 is 0 Å². The molecule has 8 heteroatoms. The van der Waals surface area contributed by atoms with E-state index in [0.717, 1.165) is 25.9 Å². The molecule has 6 N–H and O–H groups in total. The molecule has 0 aliphatic carbocycles. The van der Waals surface area contributed by atoms with Crippen molar-refractivity contribution >= 4 is 17.8 Å². The van der Waals surface area contributed by atoms with Gasteiger partial charge in [0.2, 0.25) is 5.91 Å². The predicted octanol–water partition coefficient (Wildman–Crippen LogP) is 6.10. The molecule has 2 unspecified atom stereocenters. The number of rotatable bonds is 25. The number of likely N-dealkylation sites (N-methyl/N-ethyl adjacent to an activating group) is 1. The summed E-state index contributed by atoms with van der Waals surface area (Å²) in [6, 6.07) is -1.12. The van der Waals surface area contributed by atoms with Gasteiger partial charge in [-0.05, 0) is 25.9 Å². The van der Waals surface area contributed by atoms with Crippen molar-refractivity contribution in [2.45, 2.75) is 155 Å². The fourth-order valence-corrected chi connectivity index (χ4v) is 4.46. The zero-order chi connectivity index (χ0) is 28.3. The van der Waals surface area contributed by atoms with Crippen LogP contribution in [-0.4, -0.2) is 58.1 Å². The van der Waals surface area contributed by atoms with Crippen molar-refractivity contribution < 1.29 is 24.6 Å². The molecule has 37 heavy (non-hydrogen) atoms. The van der Waals surface area contributed by atoms with Crippen LogP contribution in [0.1, 0.15) is 143 Å². The first kappa shape index (κ1) is 37.5. The molecule has 0 aromatic carbocycles. The van der Waals surface area contributed by atoms with Crippen LogP contribution in [0.3, 0.4) is 0 Å². The van der Waals surface area contributed by atoms with Gasteiger partial charge in [0.1, 0.15) is 6.04 Å². The molecule has 220 valence electrons. The van der Waals surface area contributed by atoms with Crippen LogP contribution in [0.2, 0.25) is 0 Å². The van der Waals surface area contributed by atoms with E-state index in [9.17, 15) is 14.4 Å². The van der Waals surface area contributed by atoms with E-state index in [0.29, 0.717) is 0 Å². The van der Waals surface area contributed by atoms with Gasteiger partial charge in [-0.1, -0.05) is 124 Å². The lowest BCUT2D eigenvalue weighted by molar-refractivity contribution is -0.139. The Kier molecular flexibility index (Phi) is 27.7. The van der Waals surface area contributed by atoms with Crippen molar-refractivity contribution in [2.75, 3.05) is 13.1 Å². The molecule has 0 aromatic heterocycles. The van der Waals surface area contributed by atoms with E-state index < -0.39 is 18.0 Å². The quantitative estimate of drug-likeness (QED) is 0.104. The Hall–Kier alpha value is -1.67. The minimum atomic E-state index is -1.17. The number of nitrogens with zero attached hydrogens (tertiary/aromatic N) is 1. The predicted molar refractivity (Wildman–Crippen MR) is 153 cm³/mol. The number of carbonyl (C=O) groups is 3. The zero-order valence-electron chi connectivity index (χ0n) is 24.2. The molecule has 0 saturated heterocycles.